The van der Waals surface area contributed by atoms with Gasteiger partial charge in [-0.25, -0.2) is 0 Å². The van der Waals surface area contributed by atoms with Gasteiger partial charge in [0.05, 0.1) is 24.8 Å². The highest BCUT2D eigenvalue weighted by molar-refractivity contribution is 5.76. The molecule has 4 aliphatic rings. The van der Waals surface area contributed by atoms with Gasteiger partial charge in [-0.1, -0.05) is 26.8 Å². The molecule has 1 aliphatic heterocycles. The fourth-order valence-electron chi connectivity index (χ4n) is 7.89. The van der Waals surface area contributed by atoms with Crippen LogP contribution in [0.1, 0.15) is 69.6 Å². The van der Waals surface area contributed by atoms with E-state index in [9.17, 15) is 10.1 Å². The molecule has 0 radical (unpaired) electrons. The minimum atomic E-state index is -0.0343. The molecule has 1 amide bonds. The van der Waals surface area contributed by atoms with E-state index in [4.69, 9.17) is 4.74 Å². The third kappa shape index (κ3) is 4.83. The summed E-state index contributed by atoms with van der Waals surface area (Å²) in [5, 5.41) is 16.9. The zero-order chi connectivity index (χ0) is 25.3. The molecule has 3 aliphatic carbocycles. The van der Waals surface area contributed by atoms with E-state index in [0.717, 1.165) is 70.1 Å². The second-order valence-corrected chi connectivity index (χ2v) is 12.4. The Balaban J connectivity index is 1.35. The summed E-state index contributed by atoms with van der Waals surface area (Å²) in [5.74, 6) is 1.79. The Morgan fingerprint density at radius 2 is 2.00 bits per heavy atom. The Labute approximate surface area is 217 Å². The highest BCUT2D eigenvalue weighted by atomic mass is 16.5. The minimum absolute atomic E-state index is 0.0343. The number of morpholine rings is 1. The van der Waals surface area contributed by atoms with E-state index in [-0.39, 0.29) is 16.7 Å². The van der Waals surface area contributed by atoms with Crippen LogP contribution in [0.2, 0.25) is 0 Å². The molecule has 2 saturated carbocycles. The predicted molar refractivity (Wildman–Crippen MR) is 142 cm³/mol. The summed E-state index contributed by atoms with van der Waals surface area (Å²) in [5.41, 5.74) is 3.54. The monoisotopic (exact) mass is 492 g/mol. The van der Waals surface area contributed by atoms with Crippen LogP contribution in [-0.2, 0) is 21.4 Å². The number of hydrogen-bond donors (Lipinski definition) is 2. The molecule has 1 aromatic rings. The Kier molecular flexibility index (Phi) is 7.45. The summed E-state index contributed by atoms with van der Waals surface area (Å²) >= 11 is 0. The number of nitrogens with zero attached hydrogens (tertiary/aromatic N) is 2. The second kappa shape index (κ2) is 10.4. The number of amides is 1. The number of benzene rings is 1. The molecule has 3 fully saturated rings. The summed E-state index contributed by atoms with van der Waals surface area (Å²) in [4.78, 5) is 15.4. The third-order valence-electron chi connectivity index (χ3n) is 9.92. The minimum Gasteiger partial charge on any atom is -0.379 e. The molecule has 4 unspecified atom stereocenters. The number of nitriles is 1. The molecule has 0 spiro atoms. The van der Waals surface area contributed by atoms with Gasteiger partial charge in [0.25, 0.3) is 0 Å². The average Bonchev–Trinajstić information content (AvgIpc) is 3.64. The number of rotatable bonds is 9. The van der Waals surface area contributed by atoms with Crippen LogP contribution in [0.5, 0.6) is 0 Å². The van der Waals surface area contributed by atoms with Gasteiger partial charge < -0.3 is 15.4 Å². The highest BCUT2D eigenvalue weighted by Crippen LogP contribution is 2.65. The first kappa shape index (κ1) is 25.7. The van der Waals surface area contributed by atoms with Gasteiger partial charge in [-0.3, -0.25) is 9.69 Å². The first-order valence-electron chi connectivity index (χ1n) is 14.2. The molecule has 1 aromatic carbocycles. The normalized spacial score (nSPS) is 32.1. The summed E-state index contributed by atoms with van der Waals surface area (Å²) in [6.07, 6.45) is 6.37. The van der Waals surface area contributed by atoms with Crippen LogP contribution in [0.3, 0.4) is 0 Å². The quantitative estimate of drug-likeness (QED) is 0.551. The van der Waals surface area contributed by atoms with Crippen molar-refractivity contribution in [3.8, 4) is 6.07 Å². The van der Waals surface area contributed by atoms with Crippen molar-refractivity contribution in [1.82, 2.24) is 15.5 Å². The van der Waals surface area contributed by atoms with Crippen molar-refractivity contribution in [2.75, 3.05) is 45.9 Å². The number of ether oxygens (including phenoxy) is 1. The van der Waals surface area contributed by atoms with Crippen LogP contribution >= 0.6 is 0 Å². The van der Waals surface area contributed by atoms with Crippen LogP contribution < -0.4 is 10.6 Å². The number of carbonyl (C=O) groups excluding carboxylic acids is 1. The fourth-order valence-corrected chi connectivity index (χ4v) is 7.89. The van der Waals surface area contributed by atoms with Crippen LogP contribution in [-0.4, -0.2) is 62.8 Å². The molecule has 0 aromatic heterocycles. The Hall–Kier alpha value is -1.94. The van der Waals surface area contributed by atoms with Crippen molar-refractivity contribution < 1.29 is 9.53 Å². The zero-order valence-electron chi connectivity index (χ0n) is 22.4. The standard InChI is InChI=1S/C30H44N4O2/c1-21(2)30-18-24(15-28(35)32-8-9-34-10-12-36-13-11-34)17-29(30,3)27(33-20-22-4-5-22)16-25-7-6-23(19-31)14-26(25)30/h6-7,14,21-22,24,27,33H,4-5,8-13,15-18,20H2,1-3H3,(H,32,35). The molecule has 6 heteroatoms. The van der Waals surface area contributed by atoms with Crippen LogP contribution in [0.15, 0.2) is 18.2 Å². The first-order valence-corrected chi connectivity index (χ1v) is 14.2. The van der Waals surface area contributed by atoms with Gasteiger partial charge in [0.15, 0.2) is 0 Å². The van der Waals surface area contributed by atoms with Gasteiger partial charge in [0, 0.05) is 44.1 Å². The van der Waals surface area contributed by atoms with Gasteiger partial charge >= 0.3 is 0 Å². The van der Waals surface area contributed by atoms with Gasteiger partial charge in [-0.15, -0.1) is 0 Å². The molecule has 196 valence electrons. The number of carbonyl (C=O) groups is 1. The van der Waals surface area contributed by atoms with E-state index >= 15 is 0 Å². The lowest BCUT2D eigenvalue weighted by Gasteiger charge is -2.56. The van der Waals surface area contributed by atoms with Crippen LogP contribution in [0.25, 0.3) is 0 Å². The maximum atomic E-state index is 13.1. The van der Waals surface area contributed by atoms with E-state index in [1.54, 1.807) is 0 Å². The first-order chi connectivity index (χ1) is 17.4. The lowest BCUT2D eigenvalue weighted by atomic mass is 9.50. The SMILES string of the molecule is CC(C)C12CC(CC(=O)NCCN3CCOCC3)CC1(C)C(NCC1CC1)Cc1ccc(C#N)cc12. The Morgan fingerprint density at radius 3 is 2.69 bits per heavy atom. The summed E-state index contributed by atoms with van der Waals surface area (Å²) in [6, 6.07) is 9.15. The lowest BCUT2D eigenvalue weighted by molar-refractivity contribution is -0.122. The number of nitrogens with one attached hydrogen (secondary N) is 2. The van der Waals surface area contributed by atoms with E-state index < -0.39 is 0 Å². The van der Waals surface area contributed by atoms with Crippen molar-refractivity contribution in [3.05, 3.63) is 34.9 Å². The molecular weight excluding hydrogens is 448 g/mol. The lowest BCUT2D eigenvalue weighted by Crippen LogP contribution is -2.59. The number of hydrogen-bond acceptors (Lipinski definition) is 5. The topological polar surface area (TPSA) is 77.4 Å². The molecule has 36 heavy (non-hydrogen) atoms. The maximum Gasteiger partial charge on any atom is 0.220 e. The average molecular weight is 493 g/mol. The van der Waals surface area contributed by atoms with E-state index in [1.807, 2.05) is 6.07 Å². The molecular formula is C30H44N4O2. The van der Waals surface area contributed by atoms with Gasteiger partial charge in [-0.05, 0) is 85.1 Å². The summed E-state index contributed by atoms with van der Waals surface area (Å²) in [7, 11) is 0. The Morgan fingerprint density at radius 1 is 1.22 bits per heavy atom. The molecule has 2 N–H and O–H groups in total. The molecule has 1 saturated heterocycles. The molecule has 5 rings (SSSR count). The van der Waals surface area contributed by atoms with Crippen molar-refractivity contribution >= 4 is 5.91 Å². The van der Waals surface area contributed by atoms with Gasteiger partial charge in [0.2, 0.25) is 5.91 Å². The van der Waals surface area contributed by atoms with Crippen molar-refractivity contribution in [1.29, 1.82) is 5.26 Å². The third-order valence-corrected chi connectivity index (χ3v) is 9.92. The highest BCUT2D eigenvalue weighted by Gasteiger charge is 2.63. The van der Waals surface area contributed by atoms with Gasteiger partial charge in [-0.2, -0.15) is 5.26 Å². The van der Waals surface area contributed by atoms with E-state index in [2.05, 4.69) is 54.5 Å². The maximum absolute atomic E-state index is 13.1. The predicted octanol–water partition coefficient (Wildman–Crippen LogP) is 3.63. The zero-order valence-corrected chi connectivity index (χ0v) is 22.4. The van der Waals surface area contributed by atoms with Gasteiger partial charge in [0.1, 0.15) is 0 Å². The van der Waals surface area contributed by atoms with Crippen LogP contribution in [0.4, 0.5) is 0 Å². The second-order valence-electron chi connectivity index (χ2n) is 12.4. The van der Waals surface area contributed by atoms with Crippen molar-refractivity contribution in [3.63, 3.8) is 0 Å². The number of fused-ring (bicyclic) bond motifs is 3. The molecule has 6 nitrogen and oxygen atoms in total. The smallest absolute Gasteiger partial charge is 0.220 e. The van der Waals surface area contributed by atoms with Crippen molar-refractivity contribution in [2.45, 2.75) is 70.8 Å². The van der Waals surface area contributed by atoms with E-state index in [0.29, 0.717) is 30.8 Å². The van der Waals surface area contributed by atoms with Crippen molar-refractivity contribution in [2.24, 2.45) is 23.2 Å². The fraction of sp³-hybridized carbons (Fsp3) is 0.733. The summed E-state index contributed by atoms with van der Waals surface area (Å²) < 4.78 is 5.43. The largest absolute Gasteiger partial charge is 0.379 e. The molecule has 1 heterocycles. The Bertz CT molecular complexity index is 993. The van der Waals surface area contributed by atoms with Crippen LogP contribution in [0, 0.1) is 34.5 Å². The summed E-state index contributed by atoms with van der Waals surface area (Å²) in [6.45, 7) is 13.4. The van der Waals surface area contributed by atoms with E-state index in [1.165, 1.54) is 24.0 Å². The molecule has 4 atom stereocenters. The molecule has 0 bridgehead atoms.